The van der Waals surface area contributed by atoms with Gasteiger partial charge in [-0.1, -0.05) is 36.4 Å². The monoisotopic (exact) mass is 391 g/mol. The first-order valence-corrected chi connectivity index (χ1v) is 10.4. The molecule has 0 atom stereocenters. The quantitative estimate of drug-likeness (QED) is 0.781. The predicted octanol–water partition coefficient (Wildman–Crippen LogP) is 2.71. The molecule has 2 fully saturated rings. The number of hydrogen-bond acceptors (Lipinski definition) is 6. The maximum atomic E-state index is 9.25. The highest BCUT2D eigenvalue weighted by molar-refractivity contribution is 5.44. The van der Waals surface area contributed by atoms with Crippen molar-refractivity contribution in [2.75, 3.05) is 51.3 Å². The number of anilines is 1. The molecule has 2 aliphatic rings. The number of benzene rings is 1. The molecule has 1 aromatic carbocycles. The molecule has 0 N–H and O–H groups in total. The predicted molar refractivity (Wildman–Crippen MR) is 113 cm³/mol. The molecule has 29 heavy (non-hydrogen) atoms. The summed E-state index contributed by atoms with van der Waals surface area (Å²) < 4.78 is 5.71. The third-order valence-electron chi connectivity index (χ3n) is 6.32. The smallest absolute Gasteiger partial charge is 0.142 e. The first-order chi connectivity index (χ1) is 14.2. The molecule has 2 saturated heterocycles. The van der Waals surface area contributed by atoms with Crippen LogP contribution < -0.4 is 4.90 Å². The molecule has 0 aliphatic carbocycles. The molecule has 3 heterocycles. The van der Waals surface area contributed by atoms with E-state index in [1.54, 1.807) is 6.07 Å². The van der Waals surface area contributed by atoms with Gasteiger partial charge in [0.2, 0.25) is 0 Å². The van der Waals surface area contributed by atoms with Crippen molar-refractivity contribution in [1.82, 2.24) is 14.8 Å². The molecule has 0 spiro atoms. The van der Waals surface area contributed by atoms with Crippen LogP contribution >= 0.6 is 0 Å². The molecule has 0 bridgehead atoms. The topological polar surface area (TPSA) is 55.6 Å². The van der Waals surface area contributed by atoms with Crippen LogP contribution in [0.25, 0.3) is 0 Å². The number of rotatable bonds is 5. The molecular formula is C23H29N5O. The van der Waals surface area contributed by atoms with Crippen molar-refractivity contribution in [3.05, 3.63) is 59.8 Å². The molecule has 0 amide bonds. The number of pyridine rings is 1. The van der Waals surface area contributed by atoms with Crippen molar-refractivity contribution in [2.45, 2.75) is 25.0 Å². The SMILES string of the molecule is CN(c1cccc(C#N)n1)C1(N2CCN(Cc3ccccc3)CC2)CCOCC1. The zero-order valence-corrected chi connectivity index (χ0v) is 17.1. The molecular weight excluding hydrogens is 362 g/mol. The fraction of sp³-hybridized carbons (Fsp3) is 0.478. The van der Waals surface area contributed by atoms with Crippen molar-refractivity contribution < 1.29 is 4.74 Å². The number of piperazine rings is 1. The molecule has 152 valence electrons. The third kappa shape index (κ3) is 4.27. The van der Waals surface area contributed by atoms with E-state index in [1.807, 2.05) is 12.1 Å². The van der Waals surface area contributed by atoms with Crippen LogP contribution in [0.2, 0.25) is 0 Å². The first kappa shape index (κ1) is 19.8. The molecule has 2 aliphatic heterocycles. The zero-order valence-electron chi connectivity index (χ0n) is 17.1. The lowest BCUT2D eigenvalue weighted by Crippen LogP contribution is -2.66. The number of hydrogen-bond donors (Lipinski definition) is 0. The molecule has 1 aromatic heterocycles. The lowest BCUT2D eigenvalue weighted by Gasteiger charge is -2.54. The van der Waals surface area contributed by atoms with Gasteiger partial charge in [0.25, 0.3) is 0 Å². The Morgan fingerprint density at radius 1 is 1.03 bits per heavy atom. The van der Waals surface area contributed by atoms with Gasteiger partial charge in [0, 0.05) is 52.6 Å². The molecule has 4 rings (SSSR count). The van der Waals surface area contributed by atoms with E-state index in [1.165, 1.54) is 5.56 Å². The Bertz CT molecular complexity index is 836. The van der Waals surface area contributed by atoms with E-state index in [0.717, 1.165) is 64.6 Å². The van der Waals surface area contributed by atoms with Crippen molar-refractivity contribution in [1.29, 1.82) is 5.26 Å². The highest BCUT2D eigenvalue weighted by Crippen LogP contribution is 2.34. The maximum absolute atomic E-state index is 9.25. The highest BCUT2D eigenvalue weighted by Gasteiger charge is 2.43. The Kier molecular flexibility index (Phi) is 6.10. The van der Waals surface area contributed by atoms with Crippen LogP contribution in [0.5, 0.6) is 0 Å². The van der Waals surface area contributed by atoms with Gasteiger partial charge >= 0.3 is 0 Å². The van der Waals surface area contributed by atoms with Crippen LogP contribution in [-0.4, -0.2) is 66.9 Å². The van der Waals surface area contributed by atoms with Crippen molar-refractivity contribution >= 4 is 5.82 Å². The second kappa shape index (κ2) is 8.91. The first-order valence-electron chi connectivity index (χ1n) is 10.4. The number of nitrogens with zero attached hydrogens (tertiary/aromatic N) is 5. The van der Waals surface area contributed by atoms with Crippen LogP contribution in [0.15, 0.2) is 48.5 Å². The second-order valence-corrected chi connectivity index (χ2v) is 7.90. The average Bonchev–Trinajstić information content (AvgIpc) is 2.80. The normalized spacial score (nSPS) is 20.1. The number of ether oxygens (including phenoxy) is 1. The third-order valence-corrected chi connectivity index (χ3v) is 6.32. The minimum atomic E-state index is -0.113. The molecule has 0 saturated carbocycles. The summed E-state index contributed by atoms with van der Waals surface area (Å²) in [5.41, 5.74) is 1.72. The highest BCUT2D eigenvalue weighted by atomic mass is 16.5. The Morgan fingerprint density at radius 2 is 1.76 bits per heavy atom. The van der Waals surface area contributed by atoms with E-state index in [0.29, 0.717) is 5.69 Å². The van der Waals surface area contributed by atoms with Gasteiger partial charge in [-0.25, -0.2) is 4.98 Å². The van der Waals surface area contributed by atoms with Crippen LogP contribution in [-0.2, 0) is 11.3 Å². The summed E-state index contributed by atoms with van der Waals surface area (Å²) in [6.07, 6.45) is 1.89. The Hall–Kier alpha value is -2.46. The van der Waals surface area contributed by atoms with Gasteiger partial charge in [0.05, 0.1) is 18.9 Å². The van der Waals surface area contributed by atoms with Gasteiger partial charge in [0.15, 0.2) is 0 Å². The zero-order chi connectivity index (χ0) is 20.1. The summed E-state index contributed by atoms with van der Waals surface area (Å²) >= 11 is 0. The van der Waals surface area contributed by atoms with Gasteiger partial charge in [-0.15, -0.1) is 0 Å². The van der Waals surface area contributed by atoms with E-state index < -0.39 is 0 Å². The minimum Gasteiger partial charge on any atom is -0.381 e. The van der Waals surface area contributed by atoms with Crippen LogP contribution in [0, 0.1) is 11.3 Å². The molecule has 6 heteroatoms. The Morgan fingerprint density at radius 3 is 2.45 bits per heavy atom. The molecule has 6 nitrogen and oxygen atoms in total. The van der Waals surface area contributed by atoms with Gasteiger partial charge in [-0.3, -0.25) is 9.80 Å². The van der Waals surface area contributed by atoms with Crippen molar-refractivity contribution in [3.63, 3.8) is 0 Å². The van der Waals surface area contributed by atoms with E-state index in [2.05, 4.69) is 63.1 Å². The van der Waals surface area contributed by atoms with Gasteiger partial charge in [-0.2, -0.15) is 5.26 Å². The summed E-state index contributed by atoms with van der Waals surface area (Å²) in [6.45, 7) is 6.67. The van der Waals surface area contributed by atoms with Crippen LogP contribution in [0.3, 0.4) is 0 Å². The van der Waals surface area contributed by atoms with Gasteiger partial charge in [-0.05, 0) is 17.7 Å². The lowest BCUT2D eigenvalue weighted by molar-refractivity contribution is -0.0475. The van der Waals surface area contributed by atoms with Crippen molar-refractivity contribution in [3.8, 4) is 6.07 Å². The fourth-order valence-corrected chi connectivity index (χ4v) is 4.61. The maximum Gasteiger partial charge on any atom is 0.142 e. The Labute approximate surface area is 173 Å². The van der Waals surface area contributed by atoms with Gasteiger partial charge in [0.1, 0.15) is 17.6 Å². The number of aromatic nitrogens is 1. The summed E-state index contributed by atoms with van der Waals surface area (Å²) in [6, 6.07) is 18.5. The lowest BCUT2D eigenvalue weighted by atomic mass is 9.94. The average molecular weight is 392 g/mol. The van der Waals surface area contributed by atoms with E-state index in [-0.39, 0.29) is 5.66 Å². The minimum absolute atomic E-state index is 0.113. The standard InChI is InChI=1S/C23H29N5O/c1-26(22-9-5-8-21(18-24)25-22)23(10-16-29-17-11-23)28-14-12-27(13-15-28)19-20-6-3-2-4-7-20/h2-9H,10-17,19H2,1H3. The summed E-state index contributed by atoms with van der Waals surface area (Å²) in [7, 11) is 2.12. The van der Waals surface area contributed by atoms with Crippen molar-refractivity contribution in [2.24, 2.45) is 0 Å². The molecule has 2 aromatic rings. The summed E-state index contributed by atoms with van der Waals surface area (Å²) in [5.74, 6) is 0.859. The van der Waals surface area contributed by atoms with Crippen LogP contribution in [0.4, 0.5) is 5.82 Å². The van der Waals surface area contributed by atoms with E-state index >= 15 is 0 Å². The van der Waals surface area contributed by atoms with Gasteiger partial charge < -0.3 is 9.64 Å². The Balaban J connectivity index is 1.49. The van der Waals surface area contributed by atoms with E-state index in [4.69, 9.17) is 4.74 Å². The second-order valence-electron chi connectivity index (χ2n) is 7.90. The molecule has 0 unspecified atom stereocenters. The largest absolute Gasteiger partial charge is 0.381 e. The summed E-state index contributed by atoms with van der Waals surface area (Å²) in [4.78, 5) is 12.0. The summed E-state index contributed by atoms with van der Waals surface area (Å²) in [5, 5.41) is 9.25. The number of nitriles is 1. The van der Waals surface area contributed by atoms with Crippen LogP contribution in [0.1, 0.15) is 24.1 Å². The molecule has 0 radical (unpaired) electrons. The van der Waals surface area contributed by atoms with E-state index in [9.17, 15) is 5.26 Å². The fourth-order valence-electron chi connectivity index (χ4n) is 4.61.